The molecule has 1 fully saturated rings. The van der Waals surface area contributed by atoms with Crippen molar-refractivity contribution in [3.63, 3.8) is 0 Å². The largest absolute Gasteiger partial charge is 0.355 e. The van der Waals surface area contributed by atoms with Gasteiger partial charge in [0.2, 0.25) is 0 Å². The molecule has 0 bridgehead atoms. The number of aliphatic imine (C=N–C) groups is 1. The number of piperidine rings is 1. The van der Waals surface area contributed by atoms with E-state index in [2.05, 4.69) is 63.7 Å². The Bertz CT molecular complexity index is 736. The fraction of sp³-hybridized carbons (Fsp3) is 0.545. The molecule has 1 aromatic heterocycles. The normalized spacial score (nSPS) is 20.2. The first-order valence-corrected chi connectivity index (χ1v) is 10.3. The third-order valence-electron chi connectivity index (χ3n) is 5.34. The van der Waals surface area contributed by atoms with Crippen molar-refractivity contribution in [3.05, 3.63) is 53.9 Å². The lowest BCUT2D eigenvalue weighted by atomic mass is 9.92. The fourth-order valence-corrected chi connectivity index (χ4v) is 4.16. The maximum absolute atomic E-state index is 4.38. The number of hydrogen-bond donors (Lipinski definition) is 2. The smallest absolute Gasteiger partial charge is 0.191 e. The Hall–Kier alpha value is -1.61. The van der Waals surface area contributed by atoms with Gasteiger partial charge in [0.15, 0.2) is 5.96 Å². The highest BCUT2D eigenvalue weighted by atomic mass is 127. The minimum Gasteiger partial charge on any atom is -0.355 e. The van der Waals surface area contributed by atoms with Crippen molar-refractivity contribution in [1.82, 2.24) is 25.3 Å². The van der Waals surface area contributed by atoms with Crippen LogP contribution in [0.5, 0.6) is 0 Å². The molecule has 29 heavy (non-hydrogen) atoms. The van der Waals surface area contributed by atoms with Crippen molar-refractivity contribution >= 4 is 29.9 Å². The van der Waals surface area contributed by atoms with Crippen LogP contribution in [0, 0.1) is 11.8 Å². The van der Waals surface area contributed by atoms with Crippen LogP contribution in [-0.4, -0.2) is 53.9 Å². The highest BCUT2D eigenvalue weighted by Gasteiger charge is 2.21. The van der Waals surface area contributed by atoms with Gasteiger partial charge in [-0.15, -0.1) is 24.0 Å². The van der Waals surface area contributed by atoms with E-state index in [4.69, 9.17) is 0 Å². The number of halogens is 1. The maximum atomic E-state index is 4.38. The number of rotatable bonds is 7. The average Bonchev–Trinajstić information content (AvgIpc) is 3.18. The summed E-state index contributed by atoms with van der Waals surface area (Å²) in [6.07, 6.45) is 5.16. The van der Waals surface area contributed by atoms with Gasteiger partial charge in [-0.1, -0.05) is 38.1 Å². The van der Waals surface area contributed by atoms with Gasteiger partial charge < -0.3 is 15.5 Å². The SMILES string of the molecule is CN=C(NCCN1CC(C)CC(C)C1)NCc1ccccc1Cn1cccn1.I. The summed E-state index contributed by atoms with van der Waals surface area (Å²) >= 11 is 0. The summed E-state index contributed by atoms with van der Waals surface area (Å²) in [5, 5.41) is 11.2. The lowest BCUT2D eigenvalue weighted by Gasteiger charge is -2.35. The quantitative estimate of drug-likeness (QED) is 0.342. The summed E-state index contributed by atoms with van der Waals surface area (Å²) in [7, 11) is 1.83. The molecule has 2 atom stereocenters. The van der Waals surface area contributed by atoms with E-state index in [-0.39, 0.29) is 24.0 Å². The van der Waals surface area contributed by atoms with E-state index in [1.165, 1.54) is 30.6 Å². The molecule has 1 aliphatic rings. The van der Waals surface area contributed by atoms with E-state index in [9.17, 15) is 0 Å². The molecule has 2 unspecified atom stereocenters. The van der Waals surface area contributed by atoms with Gasteiger partial charge in [-0.25, -0.2) is 0 Å². The van der Waals surface area contributed by atoms with Crippen LogP contribution in [0.15, 0.2) is 47.7 Å². The van der Waals surface area contributed by atoms with Crippen molar-refractivity contribution in [1.29, 1.82) is 0 Å². The van der Waals surface area contributed by atoms with Crippen molar-refractivity contribution < 1.29 is 0 Å². The molecule has 0 amide bonds. The number of likely N-dealkylation sites (tertiary alicyclic amines) is 1. The van der Waals surface area contributed by atoms with E-state index < -0.39 is 0 Å². The highest BCUT2D eigenvalue weighted by Crippen LogP contribution is 2.20. The molecule has 1 aromatic carbocycles. The summed E-state index contributed by atoms with van der Waals surface area (Å²) in [5.41, 5.74) is 2.53. The first kappa shape index (κ1) is 23.7. The molecule has 0 aliphatic carbocycles. The van der Waals surface area contributed by atoms with Gasteiger partial charge in [0.25, 0.3) is 0 Å². The van der Waals surface area contributed by atoms with Crippen LogP contribution < -0.4 is 10.6 Å². The summed E-state index contributed by atoms with van der Waals surface area (Å²) in [6.45, 7) is 10.6. The molecule has 2 N–H and O–H groups in total. The summed E-state index contributed by atoms with van der Waals surface area (Å²) in [5.74, 6) is 2.45. The monoisotopic (exact) mass is 510 g/mol. The first-order chi connectivity index (χ1) is 13.6. The molecule has 6 nitrogen and oxygen atoms in total. The minimum absolute atomic E-state index is 0. The van der Waals surface area contributed by atoms with Crippen molar-refractivity contribution in [3.8, 4) is 0 Å². The van der Waals surface area contributed by atoms with E-state index >= 15 is 0 Å². The van der Waals surface area contributed by atoms with Gasteiger partial charge in [0, 0.05) is 52.2 Å². The van der Waals surface area contributed by atoms with Crippen LogP contribution in [0.4, 0.5) is 0 Å². The zero-order chi connectivity index (χ0) is 19.8. The third-order valence-corrected chi connectivity index (χ3v) is 5.34. The maximum Gasteiger partial charge on any atom is 0.191 e. The second-order valence-electron chi connectivity index (χ2n) is 8.03. The fourth-order valence-electron chi connectivity index (χ4n) is 4.16. The Labute approximate surface area is 192 Å². The Morgan fingerprint density at radius 3 is 2.48 bits per heavy atom. The second-order valence-corrected chi connectivity index (χ2v) is 8.03. The van der Waals surface area contributed by atoms with E-state index in [0.717, 1.165) is 44.0 Å². The number of benzene rings is 1. The Morgan fingerprint density at radius 1 is 1.10 bits per heavy atom. The van der Waals surface area contributed by atoms with Crippen LogP contribution in [0.2, 0.25) is 0 Å². The minimum atomic E-state index is 0. The Balaban J connectivity index is 0.00000300. The lowest BCUT2D eigenvalue weighted by molar-refractivity contribution is 0.143. The molecule has 2 heterocycles. The van der Waals surface area contributed by atoms with Gasteiger partial charge in [0.05, 0.1) is 6.54 Å². The molecule has 3 rings (SSSR count). The average molecular weight is 510 g/mol. The molecular formula is C22H35IN6. The number of hydrogen-bond acceptors (Lipinski definition) is 3. The van der Waals surface area contributed by atoms with Gasteiger partial charge in [-0.05, 0) is 35.4 Å². The van der Waals surface area contributed by atoms with Crippen LogP contribution >= 0.6 is 24.0 Å². The molecule has 0 spiro atoms. The lowest BCUT2D eigenvalue weighted by Crippen LogP contribution is -2.45. The standard InChI is InChI=1S/C22H34N6.HI/c1-18-13-19(2)16-27(15-18)12-10-24-22(23-3)25-14-20-7-4-5-8-21(20)17-28-11-6-9-26-28;/h4-9,11,18-19H,10,12-17H2,1-3H3,(H2,23,24,25);1H. The van der Waals surface area contributed by atoms with E-state index in [0.29, 0.717) is 0 Å². The molecular weight excluding hydrogens is 475 g/mol. The van der Waals surface area contributed by atoms with E-state index in [1.54, 1.807) is 0 Å². The number of guanidine groups is 1. The van der Waals surface area contributed by atoms with Crippen LogP contribution in [-0.2, 0) is 13.1 Å². The van der Waals surface area contributed by atoms with Gasteiger partial charge in [0.1, 0.15) is 0 Å². The predicted molar refractivity (Wildman–Crippen MR) is 131 cm³/mol. The van der Waals surface area contributed by atoms with Crippen molar-refractivity contribution in [2.75, 3.05) is 33.2 Å². The number of nitrogens with one attached hydrogen (secondary N) is 2. The van der Waals surface area contributed by atoms with Crippen LogP contribution in [0.3, 0.4) is 0 Å². The Morgan fingerprint density at radius 2 is 1.83 bits per heavy atom. The number of aromatic nitrogens is 2. The van der Waals surface area contributed by atoms with Crippen molar-refractivity contribution in [2.45, 2.75) is 33.4 Å². The van der Waals surface area contributed by atoms with Gasteiger partial charge >= 0.3 is 0 Å². The molecule has 1 saturated heterocycles. The summed E-state index contributed by atoms with van der Waals surface area (Å²) < 4.78 is 1.95. The third kappa shape index (κ3) is 7.62. The highest BCUT2D eigenvalue weighted by molar-refractivity contribution is 14.0. The molecule has 1 aliphatic heterocycles. The van der Waals surface area contributed by atoms with Gasteiger partial charge in [-0.2, -0.15) is 5.10 Å². The predicted octanol–water partition coefficient (Wildman–Crippen LogP) is 3.19. The van der Waals surface area contributed by atoms with E-state index in [1.807, 2.05) is 30.2 Å². The molecule has 2 aromatic rings. The first-order valence-electron chi connectivity index (χ1n) is 10.3. The summed E-state index contributed by atoms with van der Waals surface area (Å²) in [4.78, 5) is 6.95. The Kier molecular flexibility index (Phi) is 9.93. The van der Waals surface area contributed by atoms with Crippen LogP contribution in [0.25, 0.3) is 0 Å². The molecule has 0 radical (unpaired) electrons. The second kappa shape index (κ2) is 12.2. The molecule has 7 heteroatoms. The van der Waals surface area contributed by atoms with Gasteiger partial charge in [-0.3, -0.25) is 9.67 Å². The topological polar surface area (TPSA) is 57.5 Å². The van der Waals surface area contributed by atoms with Crippen LogP contribution in [0.1, 0.15) is 31.4 Å². The molecule has 160 valence electrons. The summed E-state index contributed by atoms with van der Waals surface area (Å²) in [6, 6.07) is 10.4. The van der Waals surface area contributed by atoms with Crippen molar-refractivity contribution in [2.24, 2.45) is 16.8 Å². The molecule has 0 saturated carbocycles. The zero-order valence-electron chi connectivity index (χ0n) is 17.8. The number of nitrogens with zero attached hydrogens (tertiary/aromatic N) is 4. The zero-order valence-corrected chi connectivity index (χ0v) is 20.2.